The number of hydrogen-bond donors (Lipinski definition) is 1. The number of benzene rings is 1. The number of carbonyl (C=O) groups excluding carboxylic acids is 1. The van der Waals surface area contributed by atoms with Gasteiger partial charge in [-0.2, -0.15) is 5.26 Å². The van der Waals surface area contributed by atoms with E-state index in [1.54, 1.807) is 35.6 Å². The zero-order chi connectivity index (χ0) is 21.4. The van der Waals surface area contributed by atoms with Gasteiger partial charge in [-0.25, -0.2) is 9.37 Å². The van der Waals surface area contributed by atoms with Crippen molar-refractivity contribution >= 4 is 29.0 Å². The first kappa shape index (κ1) is 20.0. The van der Waals surface area contributed by atoms with Gasteiger partial charge in [0.25, 0.3) is 5.91 Å². The van der Waals surface area contributed by atoms with Crippen LogP contribution in [0.2, 0.25) is 0 Å². The van der Waals surface area contributed by atoms with E-state index in [1.165, 1.54) is 35.2 Å². The fraction of sp³-hybridized carbons (Fsp3) is 0.273. The van der Waals surface area contributed by atoms with Gasteiger partial charge in [0.15, 0.2) is 11.2 Å². The number of fused-ring (bicyclic) bond motifs is 1. The van der Waals surface area contributed by atoms with E-state index in [0.717, 1.165) is 33.1 Å². The summed E-state index contributed by atoms with van der Waals surface area (Å²) < 4.78 is 13.2. The van der Waals surface area contributed by atoms with Gasteiger partial charge in [-0.1, -0.05) is 11.8 Å². The molecule has 1 aliphatic heterocycles. The van der Waals surface area contributed by atoms with E-state index in [1.807, 2.05) is 6.07 Å². The fourth-order valence-corrected chi connectivity index (χ4v) is 6.02. The Morgan fingerprint density at radius 3 is 2.90 bits per heavy atom. The molecule has 0 radical (unpaired) electrons. The Labute approximate surface area is 187 Å². The van der Waals surface area contributed by atoms with Gasteiger partial charge >= 0.3 is 0 Å². The number of thiazole rings is 1. The normalized spacial score (nSPS) is 21.8. The van der Waals surface area contributed by atoms with Crippen molar-refractivity contribution in [1.82, 2.24) is 20.2 Å². The molecule has 1 N–H and O–H groups in total. The van der Waals surface area contributed by atoms with E-state index < -0.39 is 0 Å². The molecule has 0 spiro atoms. The van der Waals surface area contributed by atoms with Crippen LogP contribution in [0.5, 0.6) is 0 Å². The number of amides is 1. The number of pyridine rings is 1. The number of nitrogens with one attached hydrogen (secondary N) is 1. The number of aromatic nitrogens is 2. The molecule has 1 aliphatic carbocycles. The average molecular weight is 452 g/mol. The molecule has 1 saturated heterocycles. The zero-order valence-electron chi connectivity index (χ0n) is 16.4. The monoisotopic (exact) mass is 451 g/mol. The van der Waals surface area contributed by atoms with Crippen molar-refractivity contribution < 1.29 is 9.18 Å². The van der Waals surface area contributed by atoms with E-state index in [0.29, 0.717) is 24.0 Å². The third kappa shape index (κ3) is 3.77. The standard InChI is InChI=1S/C22H18FN5OS2/c23-15-1-3-16(4-2-15)30-18-6-8-25-9-17(18)19-10-26-21(31-19)20(29)27-22-7-5-14(22)11-28(12-22)13-24/h1-4,6,8-10,14H,5,7,11-12H2,(H,27,29)/t14?,22-/m0/s1. The van der Waals surface area contributed by atoms with Crippen LogP contribution in [0.15, 0.2) is 58.7 Å². The topological polar surface area (TPSA) is 81.9 Å². The molecule has 1 amide bonds. The zero-order valence-corrected chi connectivity index (χ0v) is 18.0. The molecule has 2 aromatic heterocycles. The summed E-state index contributed by atoms with van der Waals surface area (Å²) in [4.78, 5) is 25.9. The van der Waals surface area contributed by atoms with Gasteiger partial charge in [-0.05, 0) is 43.2 Å². The summed E-state index contributed by atoms with van der Waals surface area (Å²) in [6, 6.07) is 8.23. The van der Waals surface area contributed by atoms with Crippen LogP contribution in [0.3, 0.4) is 0 Å². The fourth-order valence-electron chi connectivity index (χ4n) is 4.19. The number of carbonyl (C=O) groups is 1. The minimum Gasteiger partial charge on any atom is -0.342 e. The van der Waals surface area contributed by atoms with Crippen molar-refractivity contribution in [2.24, 2.45) is 5.92 Å². The van der Waals surface area contributed by atoms with Gasteiger partial charge in [0.2, 0.25) is 0 Å². The van der Waals surface area contributed by atoms with Gasteiger partial charge in [0.05, 0.1) is 17.0 Å². The maximum Gasteiger partial charge on any atom is 0.280 e. The quantitative estimate of drug-likeness (QED) is 0.587. The van der Waals surface area contributed by atoms with Crippen LogP contribution in [0.1, 0.15) is 22.6 Å². The smallest absolute Gasteiger partial charge is 0.280 e. The highest BCUT2D eigenvalue weighted by Crippen LogP contribution is 2.44. The summed E-state index contributed by atoms with van der Waals surface area (Å²) in [7, 11) is 0. The minimum atomic E-state index is -0.309. The second-order valence-corrected chi connectivity index (χ2v) is 9.93. The summed E-state index contributed by atoms with van der Waals surface area (Å²) >= 11 is 2.83. The second kappa shape index (κ2) is 7.94. The molecule has 31 heavy (non-hydrogen) atoms. The summed E-state index contributed by atoms with van der Waals surface area (Å²) in [5, 5.41) is 12.7. The van der Waals surface area contributed by atoms with Crippen LogP contribution in [-0.4, -0.2) is 39.4 Å². The molecule has 2 atom stereocenters. The molecule has 6 nitrogen and oxygen atoms in total. The molecule has 156 valence electrons. The Morgan fingerprint density at radius 1 is 1.32 bits per heavy atom. The van der Waals surface area contributed by atoms with Crippen molar-refractivity contribution in [3.63, 3.8) is 0 Å². The Kier molecular flexibility index (Phi) is 5.12. The lowest BCUT2D eigenvalue weighted by Gasteiger charge is -2.44. The number of nitrogens with zero attached hydrogens (tertiary/aromatic N) is 4. The predicted octanol–water partition coefficient (Wildman–Crippen LogP) is 4.17. The molecule has 5 rings (SSSR count). The Hall–Kier alpha value is -2.96. The van der Waals surface area contributed by atoms with Crippen molar-refractivity contribution in [3.8, 4) is 16.6 Å². The molecule has 3 aromatic rings. The van der Waals surface area contributed by atoms with E-state index in [2.05, 4.69) is 21.5 Å². The molecule has 2 fully saturated rings. The third-order valence-corrected chi connectivity index (χ3v) is 8.04. The largest absolute Gasteiger partial charge is 0.342 e. The maximum atomic E-state index is 13.2. The van der Waals surface area contributed by atoms with E-state index >= 15 is 0 Å². The van der Waals surface area contributed by atoms with Crippen LogP contribution in [0.4, 0.5) is 4.39 Å². The lowest BCUT2D eigenvalue weighted by atomic mass is 9.69. The predicted molar refractivity (Wildman–Crippen MR) is 116 cm³/mol. The van der Waals surface area contributed by atoms with Gasteiger partial charge < -0.3 is 10.2 Å². The summed E-state index contributed by atoms with van der Waals surface area (Å²) in [6.45, 7) is 1.28. The SMILES string of the molecule is N#CN1CC2CC[C@]2(NC(=O)c2ncc(-c3cnccc3Sc3ccc(F)cc3)s2)C1. The van der Waals surface area contributed by atoms with Gasteiger partial charge in [-0.3, -0.25) is 9.78 Å². The second-order valence-electron chi connectivity index (χ2n) is 7.78. The Morgan fingerprint density at radius 2 is 2.16 bits per heavy atom. The molecule has 1 saturated carbocycles. The van der Waals surface area contributed by atoms with Crippen LogP contribution in [0.25, 0.3) is 10.4 Å². The lowest BCUT2D eigenvalue weighted by Crippen LogP contribution is -2.60. The lowest BCUT2D eigenvalue weighted by molar-refractivity contribution is 0.0762. The van der Waals surface area contributed by atoms with Gasteiger partial charge in [0, 0.05) is 46.4 Å². The number of likely N-dealkylation sites (tertiary alicyclic amines) is 1. The highest BCUT2D eigenvalue weighted by molar-refractivity contribution is 7.99. The van der Waals surface area contributed by atoms with Crippen molar-refractivity contribution in [2.75, 3.05) is 13.1 Å². The molecule has 1 unspecified atom stereocenters. The number of rotatable bonds is 5. The first-order valence-corrected chi connectivity index (χ1v) is 11.5. The van der Waals surface area contributed by atoms with Crippen LogP contribution in [0, 0.1) is 23.2 Å². The molecular weight excluding hydrogens is 433 g/mol. The number of halogens is 1. The highest BCUT2D eigenvalue weighted by Gasteiger charge is 2.54. The molecule has 3 heterocycles. The van der Waals surface area contributed by atoms with Crippen LogP contribution >= 0.6 is 23.1 Å². The van der Waals surface area contributed by atoms with E-state index in [4.69, 9.17) is 0 Å². The first-order chi connectivity index (χ1) is 15.1. The molecule has 0 bridgehead atoms. The summed E-state index contributed by atoms with van der Waals surface area (Å²) in [5.41, 5.74) is 0.570. The molecule has 2 aliphatic rings. The third-order valence-electron chi connectivity index (χ3n) is 5.93. The summed E-state index contributed by atoms with van der Waals surface area (Å²) in [5.74, 6) is -0.143. The van der Waals surface area contributed by atoms with Crippen molar-refractivity contribution in [1.29, 1.82) is 5.26 Å². The molecular formula is C22H18FN5OS2. The van der Waals surface area contributed by atoms with Crippen LogP contribution in [-0.2, 0) is 0 Å². The van der Waals surface area contributed by atoms with E-state index in [-0.39, 0.29) is 17.3 Å². The first-order valence-electron chi connectivity index (χ1n) is 9.87. The molecule has 1 aromatic carbocycles. The van der Waals surface area contributed by atoms with Crippen LogP contribution < -0.4 is 5.32 Å². The average Bonchev–Trinajstić information content (AvgIpc) is 3.35. The van der Waals surface area contributed by atoms with Crippen molar-refractivity contribution in [2.45, 2.75) is 28.2 Å². The van der Waals surface area contributed by atoms with Crippen molar-refractivity contribution in [3.05, 3.63) is 59.7 Å². The Bertz CT molecular complexity index is 1180. The summed E-state index contributed by atoms with van der Waals surface area (Å²) in [6.07, 6.45) is 9.27. The molecule has 9 heteroatoms. The van der Waals surface area contributed by atoms with Gasteiger partial charge in [0.1, 0.15) is 5.82 Å². The highest BCUT2D eigenvalue weighted by atomic mass is 32.2. The van der Waals surface area contributed by atoms with E-state index in [9.17, 15) is 14.4 Å². The minimum absolute atomic E-state index is 0.197. The maximum absolute atomic E-state index is 13.2. The number of hydrogen-bond acceptors (Lipinski definition) is 7. The number of nitriles is 1. The Balaban J connectivity index is 1.35. The van der Waals surface area contributed by atoms with Gasteiger partial charge in [-0.15, -0.1) is 11.3 Å².